The van der Waals surface area contributed by atoms with Crippen molar-refractivity contribution in [2.45, 2.75) is 32.6 Å². The van der Waals surface area contributed by atoms with Gasteiger partial charge in [0.25, 0.3) is 5.91 Å². The number of rotatable bonds is 5. The zero-order valence-electron chi connectivity index (χ0n) is 12.8. The highest BCUT2D eigenvalue weighted by Gasteiger charge is 2.26. The van der Waals surface area contributed by atoms with Crippen molar-refractivity contribution in [3.05, 3.63) is 17.5 Å². The van der Waals surface area contributed by atoms with Crippen LogP contribution >= 0.6 is 0 Å². The Morgan fingerprint density at radius 3 is 3.05 bits per heavy atom. The third-order valence-electron chi connectivity index (χ3n) is 3.86. The highest BCUT2D eigenvalue weighted by atomic mass is 16.5. The molecule has 1 atom stereocenters. The summed E-state index contributed by atoms with van der Waals surface area (Å²) in [5.74, 6) is 0.559. The van der Waals surface area contributed by atoms with E-state index in [2.05, 4.69) is 12.0 Å². The SMILES string of the molecule is CCCc1cc(C(=O)N2CCC[C@H](COC)C2)n(C)n1. The van der Waals surface area contributed by atoms with Crippen LogP contribution in [0.3, 0.4) is 0 Å². The van der Waals surface area contributed by atoms with Crippen molar-refractivity contribution in [3.8, 4) is 0 Å². The van der Waals surface area contributed by atoms with Gasteiger partial charge in [0.15, 0.2) is 0 Å². The summed E-state index contributed by atoms with van der Waals surface area (Å²) in [7, 11) is 3.57. The number of hydrogen-bond donors (Lipinski definition) is 0. The molecular formula is C15H25N3O2. The van der Waals surface area contributed by atoms with Crippen molar-refractivity contribution >= 4 is 5.91 Å². The lowest BCUT2D eigenvalue weighted by molar-refractivity contribution is 0.0561. The van der Waals surface area contributed by atoms with Gasteiger partial charge in [0.1, 0.15) is 5.69 Å². The summed E-state index contributed by atoms with van der Waals surface area (Å²) in [4.78, 5) is 14.6. The van der Waals surface area contributed by atoms with Crippen LogP contribution in [0.5, 0.6) is 0 Å². The molecule has 0 aromatic carbocycles. The zero-order valence-corrected chi connectivity index (χ0v) is 12.8. The van der Waals surface area contributed by atoms with Crippen LogP contribution in [0.15, 0.2) is 6.07 Å². The predicted octanol–water partition coefficient (Wildman–Crippen LogP) is 1.87. The van der Waals surface area contributed by atoms with Crippen LogP contribution < -0.4 is 0 Å². The van der Waals surface area contributed by atoms with Gasteiger partial charge in [-0.05, 0) is 31.2 Å². The molecule has 1 aliphatic rings. The van der Waals surface area contributed by atoms with Crippen LogP contribution in [-0.2, 0) is 18.2 Å². The molecule has 20 heavy (non-hydrogen) atoms. The Morgan fingerprint density at radius 2 is 2.35 bits per heavy atom. The van der Waals surface area contributed by atoms with Gasteiger partial charge in [-0.1, -0.05) is 13.3 Å². The van der Waals surface area contributed by atoms with Gasteiger partial charge in [0.2, 0.25) is 0 Å². The van der Waals surface area contributed by atoms with Gasteiger partial charge >= 0.3 is 0 Å². The van der Waals surface area contributed by atoms with E-state index in [0.717, 1.165) is 51.1 Å². The fraction of sp³-hybridized carbons (Fsp3) is 0.733. The third-order valence-corrected chi connectivity index (χ3v) is 3.86. The maximum Gasteiger partial charge on any atom is 0.272 e. The summed E-state index contributed by atoms with van der Waals surface area (Å²) in [6.45, 7) is 4.49. The molecule has 0 aliphatic carbocycles. The Kier molecular flexibility index (Phi) is 5.17. The Balaban J connectivity index is 2.06. The Morgan fingerprint density at radius 1 is 1.55 bits per heavy atom. The van der Waals surface area contributed by atoms with Crippen LogP contribution in [0.4, 0.5) is 0 Å². The summed E-state index contributed by atoms with van der Waals surface area (Å²) in [6, 6.07) is 1.94. The summed E-state index contributed by atoms with van der Waals surface area (Å²) in [6.07, 6.45) is 4.17. The number of likely N-dealkylation sites (tertiary alicyclic amines) is 1. The molecule has 0 bridgehead atoms. The number of carbonyl (C=O) groups excluding carboxylic acids is 1. The van der Waals surface area contributed by atoms with Crippen LogP contribution in [0.2, 0.25) is 0 Å². The molecule has 0 saturated carbocycles. The van der Waals surface area contributed by atoms with Crippen molar-refractivity contribution in [1.29, 1.82) is 0 Å². The van der Waals surface area contributed by atoms with Crippen molar-refractivity contribution in [2.24, 2.45) is 13.0 Å². The molecule has 2 heterocycles. The first-order valence-corrected chi connectivity index (χ1v) is 7.46. The molecule has 1 aromatic rings. The van der Waals surface area contributed by atoms with E-state index in [1.807, 2.05) is 18.0 Å². The number of ether oxygens (including phenoxy) is 1. The first-order chi connectivity index (χ1) is 9.65. The number of nitrogens with zero attached hydrogens (tertiary/aromatic N) is 3. The largest absolute Gasteiger partial charge is 0.384 e. The van der Waals surface area contributed by atoms with E-state index in [1.165, 1.54) is 0 Å². The molecule has 0 N–H and O–H groups in total. The van der Waals surface area contributed by atoms with Crippen LogP contribution in [0, 0.1) is 5.92 Å². The monoisotopic (exact) mass is 279 g/mol. The van der Waals surface area contributed by atoms with Crippen molar-refractivity contribution in [1.82, 2.24) is 14.7 Å². The first kappa shape index (κ1) is 15.0. The second-order valence-electron chi connectivity index (χ2n) is 5.61. The average molecular weight is 279 g/mol. The molecule has 5 heteroatoms. The normalized spacial score (nSPS) is 19.4. The third kappa shape index (κ3) is 3.39. The van der Waals surface area contributed by atoms with Crippen LogP contribution in [-0.4, -0.2) is 47.4 Å². The molecule has 0 radical (unpaired) electrons. The van der Waals surface area contributed by atoms with E-state index in [9.17, 15) is 4.79 Å². The smallest absolute Gasteiger partial charge is 0.272 e. The number of methoxy groups -OCH3 is 1. The molecule has 1 amide bonds. The molecule has 0 spiro atoms. The molecule has 2 rings (SSSR count). The molecule has 1 fully saturated rings. The Hall–Kier alpha value is -1.36. The number of hydrogen-bond acceptors (Lipinski definition) is 3. The molecule has 1 aromatic heterocycles. The lowest BCUT2D eigenvalue weighted by Crippen LogP contribution is -2.41. The van der Waals surface area contributed by atoms with Crippen molar-refractivity contribution in [3.63, 3.8) is 0 Å². The van der Waals surface area contributed by atoms with Gasteiger partial charge in [0, 0.05) is 27.2 Å². The van der Waals surface area contributed by atoms with E-state index >= 15 is 0 Å². The van der Waals surface area contributed by atoms with E-state index in [0.29, 0.717) is 11.6 Å². The summed E-state index contributed by atoms with van der Waals surface area (Å²) < 4.78 is 6.93. The van der Waals surface area contributed by atoms with Crippen LogP contribution in [0.25, 0.3) is 0 Å². The molecule has 1 aliphatic heterocycles. The molecular weight excluding hydrogens is 254 g/mol. The van der Waals surface area contributed by atoms with Gasteiger partial charge in [-0.25, -0.2) is 0 Å². The van der Waals surface area contributed by atoms with Gasteiger partial charge in [0.05, 0.1) is 12.3 Å². The van der Waals surface area contributed by atoms with E-state index < -0.39 is 0 Å². The van der Waals surface area contributed by atoms with E-state index in [1.54, 1.807) is 11.8 Å². The second-order valence-corrected chi connectivity index (χ2v) is 5.61. The maximum atomic E-state index is 12.6. The lowest BCUT2D eigenvalue weighted by Gasteiger charge is -2.32. The van der Waals surface area contributed by atoms with Crippen molar-refractivity contribution in [2.75, 3.05) is 26.8 Å². The number of aromatic nitrogens is 2. The number of amides is 1. The highest BCUT2D eigenvalue weighted by Crippen LogP contribution is 2.19. The second kappa shape index (κ2) is 6.88. The van der Waals surface area contributed by atoms with E-state index in [4.69, 9.17) is 4.74 Å². The van der Waals surface area contributed by atoms with Crippen LogP contribution in [0.1, 0.15) is 42.4 Å². The summed E-state index contributed by atoms with van der Waals surface area (Å²) in [5, 5.41) is 4.42. The molecule has 1 saturated heterocycles. The molecule has 0 unspecified atom stereocenters. The topological polar surface area (TPSA) is 47.4 Å². The minimum Gasteiger partial charge on any atom is -0.384 e. The fourth-order valence-corrected chi connectivity index (χ4v) is 2.89. The van der Waals surface area contributed by atoms with Gasteiger partial charge < -0.3 is 9.64 Å². The van der Waals surface area contributed by atoms with Crippen molar-refractivity contribution < 1.29 is 9.53 Å². The Bertz CT molecular complexity index is 454. The summed E-state index contributed by atoms with van der Waals surface area (Å²) >= 11 is 0. The highest BCUT2D eigenvalue weighted by molar-refractivity contribution is 5.92. The summed E-state index contributed by atoms with van der Waals surface area (Å²) in [5.41, 5.74) is 1.70. The minimum absolute atomic E-state index is 0.100. The quantitative estimate of drug-likeness (QED) is 0.826. The van der Waals surface area contributed by atoms with Gasteiger partial charge in [-0.3, -0.25) is 9.48 Å². The lowest BCUT2D eigenvalue weighted by atomic mass is 9.98. The number of carbonyl (C=O) groups is 1. The number of piperidine rings is 1. The maximum absolute atomic E-state index is 12.6. The predicted molar refractivity (Wildman–Crippen MR) is 77.7 cm³/mol. The first-order valence-electron chi connectivity index (χ1n) is 7.46. The average Bonchev–Trinajstić information content (AvgIpc) is 2.80. The number of aryl methyl sites for hydroxylation is 2. The zero-order chi connectivity index (χ0) is 14.5. The van der Waals surface area contributed by atoms with Gasteiger partial charge in [-0.2, -0.15) is 5.10 Å². The van der Waals surface area contributed by atoms with E-state index in [-0.39, 0.29) is 5.91 Å². The Labute approximate surface area is 120 Å². The standard InChI is InChI=1S/C15H25N3O2/c1-4-6-13-9-14(17(2)16-13)15(19)18-8-5-7-12(10-18)11-20-3/h9,12H,4-8,10-11H2,1-3H3/t12-/m0/s1. The van der Waals surface area contributed by atoms with Gasteiger partial charge in [-0.15, -0.1) is 0 Å². The fourth-order valence-electron chi connectivity index (χ4n) is 2.89. The minimum atomic E-state index is 0.100. The molecule has 112 valence electrons. The molecule has 5 nitrogen and oxygen atoms in total.